The highest BCUT2D eigenvalue weighted by atomic mass is 16.1. The van der Waals surface area contributed by atoms with Crippen LogP contribution in [0, 0.1) is 23.7 Å². The Labute approximate surface area is 155 Å². The van der Waals surface area contributed by atoms with Crippen molar-refractivity contribution >= 4 is 5.91 Å². The largest absolute Gasteiger partial charge is 0.357 e. The van der Waals surface area contributed by atoms with Gasteiger partial charge in [-0.2, -0.15) is 0 Å². The molecule has 1 amide bonds. The summed E-state index contributed by atoms with van der Waals surface area (Å²) in [6.45, 7) is 4.62. The Kier molecular flexibility index (Phi) is 4.84. The molecule has 2 bridgehead atoms. The van der Waals surface area contributed by atoms with Crippen molar-refractivity contribution in [3.05, 3.63) is 42.4 Å². The van der Waals surface area contributed by atoms with Crippen LogP contribution in [0.25, 0.3) is 11.3 Å². The third kappa shape index (κ3) is 3.42. The smallest absolute Gasteiger partial charge is 0.267 e. The van der Waals surface area contributed by atoms with Gasteiger partial charge in [-0.1, -0.05) is 26.3 Å². The third-order valence-corrected chi connectivity index (χ3v) is 6.53. The summed E-state index contributed by atoms with van der Waals surface area (Å²) >= 11 is 0. The van der Waals surface area contributed by atoms with Crippen LogP contribution >= 0.6 is 0 Å². The maximum atomic E-state index is 12.9. The van der Waals surface area contributed by atoms with E-state index >= 15 is 0 Å². The van der Waals surface area contributed by atoms with E-state index in [1.54, 1.807) is 6.20 Å². The van der Waals surface area contributed by atoms with Gasteiger partial charge >= 0.3 is 0 Å². The van der Waals surface area contributed by atoms with E-state index in [0.717, 1.165) is 23.1 Å². The lowest BCUT2D eigenvalue weighted by Gasteiger charge is -2.47. The molecule has 26 heavy (non-hydrogen) atoms. The molecule has 138 valence electrons. The number of pyridine rings is 1. The van der Waals surface area contributed by atoms with E-state index < -0.39 is 0 Å². The molecule has 2 saturated carbocycles. The van der Waals surface area contributed by atoms with E-state index in [2.05, 4.69) is 29.1 Å². The Morgan fingerprint density at radius 2 is 2.15 bits per heavy atom. The molecule has 2 N–H and O–H groups in total. The Morgan fingerprint density at radius 1 is 1.27 bits per heavy atom. The molecule has 5 atom stereocenters. The lowest BCUT2D eigenvalue weighted by molar-refractivity contribution is 0.0552. The van der Waals surface area contributed by atoms with Crippen molar-refractivity contribution in [2.45, 2.75) is 52.0 Å². The van der Waals surface area contributed by atoms with Crippen molar-refractivity contribution in [2.75, 3.05) is 0 Å². The first-order valence-electron chi connectivity index (χ1n) is 10.0. The van der Waals surface area contributed by atoms with Gasteiger partial charge in [-0.05, 0) is 67.6 Å². The van der Waals surface area contributed by atoms with Crippen molar-refractivity contribution in [1.82, 2.24) is 15.3 Å². The summed E-state index contributed by atoms with van der Waals surface area (Å²) in [4.78, 5) is 20.3. The van der Waals surface area contributed by atoms with Crippen molar-refractivity contribution < 1.29 is 4.79 Å². The molecule has 2 fully saturated rings. The Hall–Kier alpha value is -2.10. The van der Waals surface area contributed by atoms with E-state index in [9.17, 15) is 4.79 Å². The number of carbonyl (C=O) groups excluding carboxylic acids is 1. The zero-order valence-corrected chi connectivity index (χ0v) is 15.7. The fourth-order valence-corrected chi connectivity index (χ4v) is 5.27. The van der Waals surface area contributed by atoms with E-state index in [-0.39, 0.29) is 5.91 Å². The van der Waals surface area contributed by atoms with Crippen LogP contribution < -0.4 is 5.32 Å². The van der Waals surface area contributed by atoms with Gasteiger partial charge in [0.15, 0.2) is 0 Å². The van der Waals surface area contributed by atoms with Crippen LogP contribution in [0.2, 0.25) is 0 Å². The number of aromatic amines is 1. The minimum atomic E-state index is 0.0149. The van der Waals surface area contributed by atoms with Gasteiger partial charge in [0.2, 0.25) is 0 Å². The molecule has 5 unspecified atom stereocenters. The molecule has 0 aliphatic heterocycles. The Bertz CT molecular complexity index is 752. The molecular weight excluding hydrogens is 322 g/mol. The molecule has 4 rings (SSSR count). The Morgan fingerprint density at radius 3 is 2.92 bits per heavy atom. The second-order valence-electron chi connectivity index (χ2n) is 8.34. The minimum absolute atomic E-state index is 0.0149. The first-order chi connectivity index (χ1) is 12.6. The second-order valence-corrected chi connectivity index (χ2v) is 8.34. The third-order valence-electron chi connectivity index (χ3n) is 6.53. The summed E-state index contributed by atoms with van der Waals surface area (Å²) in [5.41, 5.74) is 2.47. The van der Waals surface area contributed by atoms with Crippen LogP contribution in [-0.2, 0) is 0 Å². The van der Waals surface area contributed by atoms with E-state index in [1.807, 2.05) is 30.5 Å². The number of aromatic nitrogens is 2. The number of carbonyl (C=O) groups is 1. The highest BCUT2D eigenvalue weighted by Gasteiger charge is 2.41. The molecule has 2 heterocycles. The molecule has 2 aromatic heterocycles. The number of hydrogen-bond acceptors (Lipinski definition) is 2. The zero-order valence-electron chi connectivity index (χ0n) is 15.7. The highest BCUT2D eigenvalue weighted by molar-refractivity contribution is 5.94. The van der Waals surface area contributed by atoms with Gasteiger partial charge in [0.05, 0.1) is 5.69 Å². The van der Waals surface area contributed by atoms with Gasteiger partial charge in [-0.15, -0.1) is 0 Å². The van der Waals surface area contributed by atoms with Gasteiger partial charge in [0, 0.05) is 24.0 Å². The number of hydrogen-bond donors (Lipinski definition) is 2. The SMILES string of the molecule is CCC1CC2CC(C)C(NC(=O)c3cc(-c4ccccn4)c[nH]3)C(C1)C2. The average molecular weight is 351 g/mol. The number of H-pyrrole nitrogens is 1. The highest BCUT2D eigenvalue weighted by Crippen LogP contribution is 2.45. The minimum Gasteiger partial charge on any atom is -0.357 e. The van der Waals surface area contributed by atoms with Crippen molar-refractivity contribution in [1.29, 1.82) is 0 Å². The molecule has 2 aromatic rings. The monoisotopic (exact) mass is 351 g/mol. The fourth-order valence-electron chi connectivity index (χ4n) is 5.27. The first-order valence-corrected chi connectivity index (χ1v) is 10.0. The van der Waals surface area contributed by atoms with E-state index in [4.69, 9.17) is 0 Å². The molecule has 2 aliphatic carbocycles. The predicted molar refractivity (Wildman–Crippen MR) is 104 cm³/mol. The summed E-state index contributed by atoms with van der Waals surface area (Å²) in [7, 11) is 0. The van der Waals surface area contributed by atoms with Crippen molar-refractivity contribution in [2.24, 2.45) is 23.7 Å². The second kappa shape index (κ2) is 7.26. The van der Waals surface area contributed by atoms with Crippen LogP contribution in [0.15, 0.2) is 36.7 Å². The van der Waals surface area contributed by atoms with E-state index in [1.165, 1.54) is 32.1 Å². The van der Waals surface area contributed by atoms with Gasteiger partial charge in [-0.25, -0.2) is 0 Å². The summed E-state index contributed by atoms with van der Waals surface area (Å²) in [6, 6.07) is 8.03. The first kappa shape index (κ1) is 17.3. The van der Waals surface area contributed by atoms with Crippen LogP contribution in [0.3, 0.4) is 0 Å². The average Bonchev–Trinajstić information content (AvgIpc) is 3.15. The van der Waals surface area contributed by atoms with Crippen LogP contribution in [0.1, 0.15) is 56.4 Å². The van der Waals surface area contributed by atoms with Crippen molar-refractivity contribution in [3.8, 4) is 11.3 Å². The lowest BCUT2D eigenvalue weighted by Crippen LogP contribution is -2.50. The lowest BCUT2D eigenvalue weighted by atomic mass is 9.62. The van der Waals surface area contributed by atoms with Gasteiger partial charge < -0.3 is 10.3 Å². The van der Waals surface area contributed by atoms with Crippen LogP contribution in [0.5, 0.6) is 0 Å². The molecule has 4 nitrogen and oxygen atoms in total. The predicted octanol–water partition coefficient (Wildman–Crippen LogP) is 4.66. The molecular formula is C22H29N3O. The fraction of sp³-hybridized carbons (Fsp3) is 0.545. The summed E-state index contributed by atoms with van der Waals surface area (Å²) in [6.07, 6.45) is 10.1. The van der Waals surface area contributed by atoms with Gasteiger partial charge in [-0.3, -0.25) is 9.78 Å². The maximum absolute atomic E-state index is 12.9. The zero-order chi connectivity index (χ0) is 18.1. The summed E-state index contributed by atoms with van der Waals surface area (Å²) < 4.78 is 0. The Balaban J connectivity index is 1.46. The molecule has 4 heteroatoms. The number of nitrogens with one attached hydrogen (secondary N) is 2. The van der Waals surface area contributed by atoms with Crippen molar-refractivity contribution in [3.63, 3.8) is 0 Å². The summed E-state index contributed by atoms with van der Waals surface area (Å²) in [5.74, 6) is 2.92. The molecule has 2 aliphatic rings. The normalized spacial score (nSPS) is 30.8. The van der Waals surface area contributed by atoms with Gasteiger partial charge in [0.25, 0.3) is 5.91 Å². The number of amides is 1. The maximum Gasteiger partial charge on any atom is 0.267 e. The van der Waals surface area contributed by atoms with E-state index in [0.29, 0.717) is 23.6 Å². The van der Waals surface area contributed by atoms with Crippen LogP contribution in [-0.4, -0.2) is 21.9 Å². The molecule has 0 saturated heterocycles. The number of fused-ring (bicyclic) bond motifs is 2. The standard InChI is InChI=1S/C22H29N3O/c1-3-15-9-16-8-14(2)21(17(10-15)11-16)25-22(26)20-12-18(13-24-20)19-6-4-5-7-23-19/h4-7,12-17,21,24H,3,8-11H2,1-2H3,(H,25,26). The molecule has 0 spiro atoms. The topological polar surface area (TPSA) is 57.8 Å². The van der Waals surface area contributed by atoms with Gasteiger partial charge in [0.1, 0.15) is 5.69 Å². The quantitative estimate of drug-likeness (QED) is 0.842. The summed E-state index contributed by atoms with van der Waals surface area (Å²) in [5, 5.41) is 3.36. The number of rotatable bonds is 4. The molecule has 0 radical (unpaired) electrons. The number of nitrogens with zero attached hydrogens (tertiary/aromatic N) is 1. The molecule has 0 aromatic carbocycles. The van der Waals surface area contributed by atoms with Crippen LogP contribution in [0.4, 0.5) is 0 Å².